The Bertz CT molecular complexity index is 1370. The van der Waals surface area contributed by atoms with Gasteiger partial charge in [-0.1, -0.05) is 23.4 Å². The maximum atomic E-state index is 13.6. The average Bonchev–Trinajstić information content (AvgIpc) is 3.59. The van der Waals surface area contributed by atoms with E-state index >= 15 is 0 Å². The van der Waals surface area contributed by atoms with Crippen LogP contribution in [-0.2, 0) is 11.3 Å². The molecule has 192 valence electrons. The van der Waals surface area contributed by atoms with Crippen molar-refractivity contribution in [3.05, 3.63) is 78.2 Å². The normalized spacial score (nSPS) is 23.6. The Morgan fingerprint density at radius 2 is 2.00 bits per heavy atom. The quantitative estimate of drug-likeness (QED) is 0.266. The van der Waals surface area contributed by atoms with Crippen molar-refractivity contribution in [2.45, 2.75) is 37.0 Å². The summed E-state index contributed by atoms with van der Waals surface area (Å²) >= 11 is 0. The molecule has 0 bridgehead atoms. The first-order valence-electron chi connectivity index (χ1n) is 11.3. The zero-order valence-corrected chi connectivity index (χ0v) is 19.1. The van der Waals surface area contributed by atoms with E-state index in [4.69, 9.17) is 9.15 Å². The molecule has 1 aliphatic heterocycles. The Hall–Kier alpha value is -4.11. The summed E-state index contributed by atoms with van der Waals surface area (Å²) in [4.78, 5) is 16.4. The van der Waals surface area contributed by atoms with Crippen molar-refractivity contribution >= 4 is 5.91 Å². The van der Waals surface area contributed by atoms with Crippen molar-refractivity contribution in [3.8, 4) is 11.3 Å². The predicted octanol–water partition coefficient (Wildman–Crippen LogP) is 0.187. The maximum absolute atomic E-state index is 13.6. The van der Waals surface area contributed by atoms with Crippen LogP contribution in [0.4, 0.5) is 4.39 Å². The molecule has 37 heavy (non-hydrogen) atoms. The Kier molecular flexibility index (Phi) is 6.96. The van der Waals surface area contributed by atoms with E-state index in [9.17, 15) is 24.5 Å². The van der Waals surface area contributed by atoms with Crippen molar-refractivity contribution in [1.82, 2.24) is 35.5 Å². The smallest absolute Gasteiger partial charge is 0.309 e. The summed E-state index contributed by atoms with van der Waals surface area (Å²) in [5.74, 6) is -1.72. The number of halogens is 1. The van der Waals surface area contributed by atoms with Crippen molar-refractivity contribution in [1.29, 1.82) is 0 Å². The van der Waals surface area contributed by atoms with E-state index in [-0.39, 0.29) is 18.3 Å². The molecular weight excluding hydrogens is 489 g/mol. The fourth-order valence-corrected chi connectivity index (χ4v) is 4.02. The van der Waals surface area contributed by atoms with Gasteiger partial charge in [-0.15, -0.1) is 15.3 Å². The first kappa shape index (κ1) is 24.6. The Morgan fingerprint density at radius 1 is 1.14 bits per heavy atom. The van der Waals surface area contributed by atoms with Gasteiger partial charge >= 0.3 is 11.8 Å². The minimum Gasteiger partial charge on any atom is -0.414 e. The molecule has 1 aliphatic rings. The van der Waals surface area contributed by atoms with Crippen LogP contribution >= 0.6 is 0 Å². The summed E-state index contributed by atoms with van der Waals surface area (Å²) < 4.78 is 25.9. The highest BCUT2D eigenvalue weighted by atomic mass is 19.1. The molecule has 0 spiro atoms. The van der Waals surface area contributed by atoms with E-state index in [1.165, 1.54) is 29.1 Å². The highest BCUT2D eigenvalue weighted by Gasteiger charge is 2.48. The van der Waals surface area contributed by atoms with Crippen LogP contribution in [0, 0.1) is 5.82 Å². The number of benzene rings is 1. The lowest BCUT2D eigenvalue weighted by Crippen LogP contribution is -2.52. The number of ether oxygens (including phenoxy) is 1. The molecule has 3 aromatic heterocycles. The molecule has 1 fully saturated rings. The number of rotatable bonds is 7. The van der Waals surface area contributed by atoms with Gasteiger partial charge in [0.25, 0.3) is 0 Å². The van der Waals surface area contributed by atoms with E-state index in [1.54, 1.807) is 30.6 Å². The maximum Gasteiger partial charge on any atom is 0.309 e. The monoisotopic (exact) mass is 511 g/mol. The number of carbonyl (C=O) groups is 1. The molecule has 0 unspecified atom stereocenters. The molecule has 14 heteroatoms. The van der Waals surface area contributed by atoms with Crippen LogP contribution in [0.3, 0.4) is 0 Å². The Balaban J connectivity index is 1.36. The standard InChI is InChI=1S/C23H22FN7O6/c24-14-5-1-4-13(7-14)15-10-31(30-27-15)17-18(33)16(11-32)36-20(19(17)34)22-28-29-23(37-22)21(35)26-9-12-3-2-6-25-8-12/h1-8,10,16-20,32-34H,9,11H2,(H,26,35)/t16-,17+,18+,19-,20-/m1/s1. The topological polar surface area (TPSA) is 182 Å². The summed E-state index contributed by atoms with van der Waals surface area (Å²) in [6.45, 7) is -0.424. The zero-order valence-electron chi connectivity index (χ0n) is 19.1. The lowest BCUT2D eigenvalue weighted by atomic mass is 9.92. The molecule has 4 N–H and O–H groups in total. The summed E-state index contributed by atoms with van der Waals surface area (Å²) in [7, 11) is 0. The highest BCUT2D eigenvalue weighted by Crippen LogP contribution is 2.38. The second-order valence-electron chi connectivity index (χ2n) is 8.33. The lowest BCUT2D eigenvalue weighted by Gasteiger charge is -2.40. The summed E-state index contributed by atoms with van der Waals surface area (Å²) in [5.41, 5.74) is 1.50. The van der Waals surface area contributed by atoms with Crippen LogP contribution in [0.1, 0.15) is 34.3 Å². The van der Waals surface area contributed by atoms with E-state index < -0.39 is 48.8 Å². The lowest BCUT2D eigenvalue weighted by molar-refractivity contribution is -0.213. The Labute approximate surface area is 208 Å². The van der Waals surface area contributed by atoms with E-state index in [1.807, 2.05) is 0 Å². The van der Waals surface area contributed by atoms with Gasteiger partial charge in [0.2, 0.25) is 5.89 Å². The van der Waals surface area contributed by atoms with Crippen molar-refractivity contribution in [2.75, 3.05) is 6.61 Å². The molecule has 4 aromatic rings. The van der Waals surface area contributed by atoms with Crippen LogP contribution in [0.2, 0.25) is 0 Å². The highest BCUT2D eigenvalue weighted by molar-refractivity contribution is 5.89. The SMILES string of the molecule is O=C(NCc1cccnc1)c1nnc([C@@H]2O[C@H](CO)[C@H](O)[C@H](n3cc(-c4cccc(F)c4)nn3)[C@H]2O)o1. The number of pyridine rings is 1. The number of nitrogens with one attached hydrogen (secondary N) is 1. The zero-order chi connectivity index (χ0) is 25.9. The van der Waals surface area contributed by atoms with E-state index in [0.29, 0.717) is 11.3 Å². The van der Waals surface area contributed by atoms with Gasteiger partial charge in [0, 0.05) is 24.5 Å². The largest absolute Gasteiger partial charge is 0.414 e. The molecule has 13 nitrogen and oxygen atoms in total. The number of nitrogens with zero attached hydrogens (tertiary/aromatic N) is 6. The molecule has 0 radical (unpaired) electrons. The number of carbonyl (C=O) groups excluding carboxylic acids is 1. The van der Waals surface area contributed by atoms with Gasteiger partial charge in [0.05, 0.1) is 12.8 Å². The van der Waals surface area contributed by atoms with Gasteiger partial charge in [0.1, 0.15) is 35.9 Å². The van der Waals surface area contributed by atoms with Gasteiger partial charge in [-0.25, -0.2) is 9.07 Å². The van der Waals surface area contributed by atoms with E-state index in [2.05, 4.69) is 30.8 Å². The third-order valence-electron chi connectivity index (χ3n) is 5.88. The molecule has 0 aliphatic carbocycles. The third-order valence-corrected chi connectivity index (χ3v) is 5.88. The van der Waals surface area contributed by atoms with Crippen molar-refractivity contribution in [3.63, 3.8) is 0 Å². The molecule has 5 atom stereocenters. The third kappa shape index (κ3) is 5.08. The number of hydrogen-bond donors (Lipinski definition) is 4. The van der Waals surface area contributed by atoms with Crippen LogP contribution in [0.5, 0.6) is 0 Å². The van der Waals surface area contributed by atoms with Gasteiger partial charge in [-0.2, -0.15) is 0 Å². The predicted molar refractivity (Wildman–Crippen MR) is 121 cm³/mol. The molecule has 0 saturated carbocycles. The first-order chi connectivity index (χ1) is 17.9. The van der Waals surface area contributed by atoms with Crippen molar-refractivity contribution in [2.24, 2.45) is 0 Å². The molecule has 5 rings (SSSR count). The minimum absolute atomic E-state index is 0.174. The number of hydrogen-bond acceptors (Lipinski definition) is 11. The molecule has 4 heterocycles. The van der Waals surface area contributed by atoms with Gasteiger partial charge in [-0.05, 0) is 23.8 Å². The summed E-state index contributed by atoms with van der Waals surface area (Å²) in [5, 5.41) is 49.8. The second kappa shape index (κ2) is 10.5. The van der Waals surface area contributed by atoms with Gasteiger partial charge < -0.3 is 29.8 Å². The van der Waals surface area contributed by atoms with Crippen LogP contribution in [-0.4, -0.2) is 76.3 Å². The number of amides is 1. The van der Waals surface area contributed by atoms with Gasteiger partial charge in [0.15, 0.2) is 6.10 Å². The van der Waals surface area contributed by atoms with E-state index in [0.717, 1.165) is 5.56 Å². The number of aromatic nitrogens is 6. The fourth-order valence-electron chi connectivity index (χ4n) is 4.02. The fraction of sp³-hybridized carbons (Fsp3) is 0.304. The Morgan fingerprint density at radius 3 is 2.76 bits per heavy atom. The second-order valence-corrected chi connectivity index (χ2v) is 8.33. The van der Waals surface area contributed by atoms with Crippen LogP contribution < -0.4 is 5.32 Å². The van der Waals surface area contributed by atoms with Gasteiger partial charge in [-0.3, -0.25) is 9.78 Å². The first-order valence-corrected chi connectivity index (χ1v) is 11.3. The number of aliphatic hydroxyl groups excluding tert-OH is 3. The molecule has 1 amide bonds. The number of aliphatic hydroxyl groups is 3. The summed E-state index contributed by atoms with van der Waals surface area (Å²) in [6, 6.07) is 8.06. The minimum atomic E-state index is -1.49. The van der Waals surface area contributed by atoms with Crippen molar-refractivity contribution < 1.29 is 33.7 Å². The molecular formula is C23H22FN7O6. The molecule has 1 saturated heterocycles. The summed E-state index contributed by atoms with van der Waals surface area (Å²) in [6.07, 6.45) is -0.731. The average molecular weight is 511 g/mol. The molecule has 1 aromatic carbocycles. The van der Waals surface area contributed by atoms with Crippen LogP contribution in [0.25, 0.3) is 11.3 Å². The van der Waals surface area contributed by atoms with Crippen LogP contribution in [0.15, 0.2) is 59.4 Å².